The normalized spacial score (nSPS) is 10.5. The lowest BCUT2D eigenvalue weighted by atomic mass is 10.3. The maximum atomic E-state index is 13.3. The lowest BCUT2D eigenvalue weighted by Gasteiger charge is -2.05. The van der Waals surface area contributed by atoms with Gasteiger partial charge in [-0.2, -0.15) is 0 Å². The van der Waals surface area contributed by atoms with Crippen LogP contribution >= 0.6 is 27.3 Å². The highest BCUT2D eigenvalue weighted by Crippen LogP contribution is 2.22. The number of thiophene rings is 1. The first-order chi connectivity index (χ1) is 9.10. The molecule has 0 radical (unpaired) electrons. The smallest absolute Gasteiger partial charge is 0.210 e. The first-order valence-electron chi connectivity index (χ1n) is 5.80. The van der Waals surface area contributed by atoms with Crippen LogP contribution in [0.2, 0.25) is 0 Å². The molecule has 0 fully saturated rings. The summed E-state index contributed by atoms with van der Waals surface area (Å²) in [6, 6.07) is 8.17. The number of ether oxygens (including phenoxy) is 1. The number of hydrogen-bond acceptors (Lipinski definition) is 3. The molecule has 0 aliphatic carbocycles. The molecular weight excluding hydrogens is 331 g/mol. The van der Waals surface area contributed by atoms with E-state index >= 15 is 0 Å². The fourth-order valence-corrected chi connectivity index (χ4v) is 2.62. The largest absolute Gasteiger partial charge is 0.485 e. The molecule has 1 aromatic carbocycles. The standard InChI is InChI=1S/C14H12BrFO2S/c1-2-10-4-6-14(19-10)13(17)8-18-9-3-5-11(15)12(16)7-9/h3-7H,2,8H2,1H3. The van der Waals surface area contributed by atoms with Crippen LogP contribution in [0.5, 0.6) is 5.75 Å². The van der Waals surface area contributed by atoms with Gasteiger partial charge in [-0.25, -0.2) is 4.39 Å². The summed E-state index contributed by atoms with van der Waals surface area (Å²) >= 11 is 4.53. The molecule has 19 heavy (non-hydrogen) atoms. The van der Waals surface area contributed by atoms with E-state index in [0.29, 0.717) is 15.1 Å². The molecule has 0 amide bonds. The molecule has 0 atom stereocenters. The third kappa shape index (κ3) is 3.64. The number of carbonyl (C=O) groups excluding carboxylic acids is 1. The summed E-state index contributed by atoms with van der Waals surface area (Å²) in [5.74, 6) is -0.149. The summed E-state index contributed by atoms with van der Waals surface area (Å²) in [7, 11) is 0. The molecule has 0 bridgehead atoms. The van der Waals surface area contributed by atoms with Gasteiger partial charge in [0.2, 0.25) is 5.78 Å². The first-order valence-corrected chi connectivity index (χ1v) is 7.41. The molecule has 2 rings (SSSR count). The van der Waals surface area contributed by atoms with Crippen LogP contribution in [0.15, 0.2) is 34.8 Å². The highest BCUT2D eigenvalue weighted by molar-refractivity contribution is 9.10. The minimum absolute atomic E-state index is 0.0786. The maximum absolute atomic E-state index is 13.3. The molecule has 0 aliphatic heterocycles. The van der Waals surface area contributed by atoms with Crippen LogP contribution in [0.1, 0.15) is 21.5 Å². The van der Waals surface area contributed by atoms with Crippen LogP contribution in [0.3, 0.4) is 0 Å². The van der Waals surface area contributed by atoms with Crippen molar-refractivity contribution in [3.05, 3.63) is 50.4 Å². The third-order valence-electron chi connectivity index (χ3n) is 2.55. The van der Waals surface area contributed by atoms with Crippen LogP contribution < -0.4 is 4.74 Å². The number of halogens is 2. The Bertz CT molecular complexity index is 595. The molecule has 0 N–H and O–H groups in total. The van der Waals surface area contributed by atoms with Crippen molar-refractivity contribution in [2.45, 2.75) is 13.3 Å². The molecule has 1 aromatic heterocycles. The van der Waals surface area contributed by atoms with Crippen molar-refractivity contribution in [1.82, 2.24) is 0 Å². The quantitative estimate of drug-likeness (QED) is 0.749. The van der Waals surface area contributed by atoms with Gasteiger partial charge in [0.25, 0.3) is 0 Å². The van der Waals surface area contributed by atoms with E-state index in [0.717, 1.165) is 11.3 Å². The van der Waals surface area contributed by atoms with Gasteiger partial charge in [0, 0.05) is 10.9 Å². The average Bonchev–Trinajstić information content (AvgIpc) is 2.88. The van der Waals surface area contributed by atoms with Crippen molar-refractivity contribution >= 4 is 33.0 Å². The van der Waals surface area contributed by atoms with E-state index < -0.39 is 5.82 Å². The molecule has 0 aliphatic rings. The average molecular weight is 343 g/mol. The Morgan fingerprint density at radius 2 is 2.16 bits per heavy atom. The van der Waals surface area contributed by atoms with Gasteiger partial charge in [0.1, 0.15) is 11.6 Å². The number of rotatable bonds is 5. The van der Waals surface area contributed by atoms with Crippen molar-refractivity contribution in [3.8, 4) is 5.75 Å². The van der Waals surface area contributed by atoms with Crippen LogP contribution in [-0.2, 0) is 6.42 Å². The fourth-order valence-electron chi connectivity index (χ4n) is 1.50. The van der Waals surface area contributed by atoms with E-state index in [2.05, 4.69) is 15.9 Å². The second kappa shape index (κ2) is 6.30. The number of ketones is 1. The zero-order chi connectivity index (χ0) is 13.8. The Morgan fingerprint density at radius 3 is 2.79 bits per heavy atom. The van der Waals surface area contributed by atoms with Gasteiger partial charge in [-0.05, 0) is 46.6 Å². The van der Waals surface area contributed by atoms with Crippen molar-refractivity contribution in [2.24, 2.45) is 0 Å². The molecule has 100 valence electrons. The predicted molar refractivity (Wildman–Crippen MR) is 77.6 cm³/mol. The summed E-state index contributed by atoms with van der Waals surface area (Å²) in [6.45, 7) is 1.96. The highest BCUT2D eigenvalue weighted by Gasteiger charge is 2.10. The van der Waals surface area contributed by atoms with Gasteiger partial charge in [-0.3, -0.25) is 4.79 Å². The van der Waals surface area contributed by atoms with E-state index in [9.17, 15) is 9.18 Å². The topological polar surface area (TPSA) is 26.3 Å². The SMILES string of the molecule is CCc1ccc(C(=O)COc2ccc(Br)c(F)c2)s1. The Balaban J connectivity index is 1.98. The summed E-state index contributed by atoms with van der Waals surface area (Å²) in [5.41, 5.74) is 0. The minimum Gasteiger partial charge on any atom is -0.485 e. The molecule has 0 saturated carbocycles. The van der Waals surface area contributed by atoms with Crippen molar-refractivity contribution in [1.29, 1.82) is 0 Å². The lowest BCUT2D eigenvalue weighted by Crippen LogP contribution is -2.10. The molecule has 5 heteroatoms. The van der Waals surface area contributed by atoms with Crippen LogP contribution in [-0.4, -0.2) is 12.4 Å². The molecule has 0 spiro atoms. The minimum atomic E-state index is -0.408. The fraction of sp³-hybridized carbons (Fsp3) is 0.214. The molecule has 1 heterocycles. The number of benzene rings is 1. The van der Waals surface area contributed by atoms with E-state index in [1.165, 1.54) is 17.4 Å². The highest BCUT2D eigenvalue weighted by atomic mass is 79.9. The van der Waals surface area contributed by atoms with Crippen LogP contribution in [0.25, 0.3) is 0 Å². The number of hydrogen-bond donors (Lipinski definition) is 0. The molecule has 2 nitrogen and oxygen atoms in total. The van der Waals surface area contributed by atoms with Crippen molar-refractivity contribution < 1.29 is 13.9 Å². The van der Waals surface area contributed by atoms with Crippen molar-refractivity contribution in [2.75, 3.05) is 6.61 Å². The Morgan fingerprint density at radius 1 is 1.37 bits per heavy atom. The third-order valence-corrected chi connectivity index (χ3v) is 4.46. The summed E-state index contributed by atoms with van der Waals surface area (Å²) < 4.78 is 18.9. The maximum Gasteiger partial charge on any atom is 0.210 e. The second-order valence-electron chi connectivity index (χ2n) is 3.91. The van der Waals surface area contributed by atoms with E-state index in [4.69, 9.17) is 4.74 Å². The zero-order valence-corrected chi connectivity index (χ0v) is 12.7. The summed E-state index contributed by atoms with van der Waals surface area (Å²) in [5, 5.41) is 0. The van der Waals surface area contributed by atoms with Gasteiger partial charge >= 0.3 is 0 Å². The van der Waals surface area contributed by atoms with E-state index in [1.807, 2.05) is 13.0 Å². The van der Waals surface area contributed by atoms with Gasteiger partial charge in [-0.15, -0.1) is 11.3 Å². The van der Waals surface area contributed by atoms with Crippen molar-refractivity contribution in [3.63, 3.8) is 0 Å². The lowest BCUT2D eigenvalue weighted by molar-refractivity contribution is 0.0925. The number of Topliss-reactive ketones (excluding diaryl/α,β-unsaturated/α-hetero) is 1. The first kappa shape index (κ1) is 14.2. The molecule has 2 aromatic rings. The number of carbonyl (C=O) groups is 1. The zero-order valence-electron chi connectivity index (χ0n) is 10.3. The Kier molecular flexibility index (Phi) is 4.71. The van der Waals surface area contributed by atoms with E-state index in [-0.39, 0.29) is 12.4 Å². The predicted octanol–water partition coefficient (Wildman–Crippen LogP) is 4.47. The Labute approximate surface area is 123 Å². The van der Waals surface area contributed by atoms with Crippen LogP contribution in [0.4, 0.5) is 4.39 Å². The van der Waals surface area contributed by atoms with Gasteiger partial charge in [0.05, 0.1) is 9.35 Å². The summed E-state index contributed by atoms with van der Waals surface area (Å²) in [4.78, 5) is 13.7. The summed E-state index contributed by atoms with van der Waals surface area (Å²) in [6.07, 6.45) is 0.913. The second-order valence-corrected chi connectivity index (χ2v) is 5.93. The molecule has 0 unspecified atom stereocenters. The monoisotopic (exact) mass is 342 g/mol. The van der Waals surface area contributed by atoms with Gasteiger partial charge < -0.3 is 4.74 Å². The van der Waals surface area contributed by atoms with Crippen LogP contribution in [0, 0.1) is 5.82 Å². The molecule has 0 saturated heterocycles. The van der Waals surface area contributed by atoms with Gasteiger partial charge in [-0.1, -0.05) is 6.92 Å². The Hall–Kier alpha value is -1.20. The van der Waals surface area contributed by atoms with E-state index in [1.54, 1.807) is 18.2 Å². The number of aryl methyl sites for hydroxylation is 1. The van der Waals surface area contributed by atoms with Gasteiger partial charge in [0.15, 0.2) is 6.61 Å². The molecular formula is C14H12BrFO2S.